The molecule has 2 aliphatic rings. The van der Waals surface area contributed by atoms with Crippen LogP contribution >= 0.6 is 24.0 Å². The summed E-state index contributed by atoms with van der Waals surface area (Å²) >= 11 is 0. The van der Waals surface area contributed by atoms with Crippen LogP contribution in [0.1, 0.15) is 44.6 Å². The van der Waals surface area contributed by atoms with Crippen molar-refractivity contribution < 1.29 is 4.79 Å². The number of para-hydroxylation sites is 1. The molecular formula is C21H34IN5O. The summed E-state index contributed by atoms with van der Waals surface area (Å²) in [7, 11) is 1.80. The van der Waals surface area contributed by atoms with E-state index in [-0.39, 0.29) is 35.8 Å². The second-order valence-electron chi connectivity index (χ2n) is 7.96. The van der Waals surface area contributed by atoms with E-state index >= 15 is 0 Å². The van der Waals surface area contributed by atoms with Gasteiger partial charge in [-0.25, -0.2) is 0 Å². The Morgan fingerprint density at radius 3 is 2.89 bits per heavy atom. The Labute approximate surface area is 186 Å². The average molecular weight is 499 g/mol. The van der Waals surface area contributed by atoms with E-state index in [1.165, 1.54) is 31.5 Å². The summed E-state index contributed by atoms with van der Waals surface area (Å²) in [4.78, 5) is 18.9. The van der Waals surface area contributed by atoms with Crippen LogP contribution in [0.2, 0.25) is 0 Å². The zero-order valence-corrected chi connectivity index (χ0v) is 19.5. The van der Waals surface area contributed by atoms with E-state index in [1.54, 1.807) is 7.05 Å². The standard InChI is InChI=1S/C21H33N5O.HI/c1-15-7-6-10-26(14-15)16(2)12-23-21(22-3)24-13-17-11-20(27)25-19-9-5-4-8-18(17)19;/h4-5,8-9,15-17H,6-7,10-14H2,1-3H3,(H,25,27)(H2,22,23,24);1H. The minimum atomic E-state index is 0. The maximum atomic E-state index is 12.0. The Hall–Kier alpha value is -1.35. The molecule has 0 aliphatic carbocycles. The Balaban J connectivity index is 0.00000280. The fraction of sp³-hybridized carbons (Fsp3) is 0.619. The lowest BCUT2D eigenvalue weighted by Gasteiger charge is -2.35. The van der Waals surface area contributed by atoms with Gasteiger partial charge in [-0.2, -0.15) is 0 Å². The molecule has 3 atom stereocenters. The Kier molecular flexibility index (Phi) is 9.01. The van der Waals surface area contributed by atoms with Crippen LogP contribution in [0.5, 0.6) is 0 Å². The number of benzene rings is 1. The average Bonchev–Trinajstić information content (AvgIpc) is 2.67. The number of piperidine rings is 1. The number of nitrogens with zero attached hydrogens (tertiary/aromatic N) is 2. The van der Waals surface area contributed by atoms with Crippen molar-refractivity contribution >= 4 is 41.5 Å². The highest BCUT2D eigenvalue weighted by atomic mass is 127. The van der Waals surface area contributed by atoms with Gasteiger partial charge in [-0.15, -0.1) is 24.0 Å². The summed E-state index contributed by atoms with van der Waals surface area (Å²) in [6, 6.07) is 8.52. The number of fused-ring (bicyclic) bond motifs is 1. The first kappa shape index (κ1) is 22.9. The molecule has 7 heteroatoms. The molecule has 156 valence electrons. The van der Waals surface area contributed by atoms with Crippen molar-refractivity contribution in [3.63, 3.8) is 0 Å². The van der Waals surface area contributed by atoms with E-state index < -0.39 is 0 Å². The molecule has 0 bridgehead atoms. The summed E-state index contributed by atoms with van der Waals surface area (Å²) in [5.74, 6) is 1.83. The summed E-state index contributed by atoms with van der Waals surface area (Å²) < 4.78 is 0. The Morgan fingerprint density at radius 2 is 2.14 bits per heavy atom. The molecule has 1 amide bonds. The molecule has 1 aromatic carbocycles. The normalized spacial score (nSPS) is 23.8. The quantitative estimate of drug-likeness (QED) is 0.331. The molecule has 0 spiro atoms. The van der Waals surface area contributed by atoms with Crippen molar-refractivity contribution in [1.82, 2.24) is 15.5 Å². The van der Waals surface area contributed by atoms with Gasteiger partial charge < -0.3 is 16.0 Å². The van der Waals surface area contributed by atoms with Gasteiger partial charge in [0, 0.05) is 50.7 Å². The van der Waals surface area contributed by atoms with Crippen molar-refractivity contribution in [2.75, 3.05) is 38.5 Å². The molecule has 28 heavy (non-hydrogen) atoms. The SMILES string of the molecule is CN=C(NCC1CC(=O)Nc2ccccc21)NCC(C)N1CCCC(C)C1.I. The number of rotatable bonds is 5. The first-order chi connectivity index (χ1) is 13.1. The molecule has 0 saturated carbocycles. The summed E-state index contributed by atoms with van der Waals surface area (Å²) in [5, 5.41) is 9.81. The van der Waals surface area contributed by atoms with E-state index in [0.717, 1.165) is 24.1 Å². The molecule has 6 nitrogen and oxygen atoms in total. The van der Waals surface area contributed by atoms with Crippen LogP contribution in [-0.2, 0) is 4.79 Å². The van der Waals surface area contributed by atoms with Gasteiger partial charge in [0.15, 0.2) is 5.96 Å². The van der Waals surface area contributed by atoms with Crippen LogP contribution in [0.15, 0.2) is 29.3 Å². The monoisotopic (exact) mass is 499 g/mol. The minimum Gasteiger partial charge on any atom is -0.356 e. The molecule has 0 radical (unpaired) electrons. The highest BCUT2D eigenvalue weighted by Gasteiger charge is 2.25. The van der Waals surface area contributed by atoms with Gasteiger partial charge >= 0.3 is 0 Å². The lowest BCUT2D eigenvalue weighted by molar-refractivity contribution is -0.116. The predicted octanol–water partition coefficient (Wildman–Crippen LogP) is 3.02. The molecule has 2 heterocycles. The first-order valence-corrected chi connectivity index (χ1v) is 10.1. The van der Waals surface area contributed by atoms with Crippen LogP contribution in [0.3, 0.4) is 0 Å². The third-order valence-corrected chi connectivity index (χ3v) is 5.72. The van der Waals surface area contributed by atoms with Gasteiger partial charge in [0.05, 0.1) is 0 Å². The second-order valence-corrected chi connectivity index (χ2v) is 7.96. The lowest BCUT2D eigenvalue weighted by Crippen LogP contribution is -2.49. The van der Waals surface area contributed by atoms with Gasteiger partial charge in [0.2, 0.25) is 5.91 Å². The molecular weight excluding hydrogens is 465 g/mol. The van der Waals surface area contributed by atoms with Crippen molar-refractivity contribution in [1.29, 1.82) is 0 Å². The van der Waals surface area contributed by atoms with Crippen molar-refractivity contribution in [3.8, 4) is 0 Å². The third kappa shape index (κ3) is 6.07. The van der Waals surface area contributed by atoms with E-state index in [9.17, 15) is 4.79 Å². The summed E-state index contributed by atoms with van der Waals surface area (Å²) in [6.07, 6.45) is 3.14. The number of carbonyl (C=O) groups excluding carboxylic acids is 1. The number of hydrogen-bond donors (Lipinski definition) is 3. The molecule has 3 unspecified atom stereocenters. The second kappa shape index (κ2) is 11.0. The molecule has 1 aromatic rings. The Bertz CT molecular complexity index is 681. The molecule has 2 aliphatic heterocycles. The van der Waals surface area contributed by atoms with E-state index in [0.29, 0.717) is 19.0 Å². The summed E-state index contributed by atoms with van der Waals surface area (Å²) in [5.41, 5.74) is 2.12. The highest BCUT2D eigenvalue weighted by molar-refractivity contribution is 14.0. The maximum Gasteiger partial charge on any atom is 0.225 e. The molecule has 3 N–H and O–H groups in total. The van der Waals surface area contributed by atoms with Crippen molar-refractivity contribution in [3.05, 3.63) is 29.8 Å². The van der Waals surface area contributed by atoms with Gasteiger partial charge in [0.1, 0.15) is 0 Å². The maximum absolute atomic E-state index is 12.0. The molecule has 1 saturated heterocycles. The van der Waals surface area contributed by atoms with E-state index in [4.69, 9.17) is 0 Å². The third-order valence-electron chi connectivity index (χ3n) is 5.72. The minimum absolute atomic E-state index is 0. The molecule has 1 fully saturated rings. The highest BCUT2D eigenvalue weighted by Crippen LogP contribution is 2.31. The van der Waals surface area contributed by atoms with Crippen LogP contribution in [0.4, 0.5) is 5.69 Å². The van der Waals surface area contributed by atoms with E-state index in [1.807, 2.05) is 18.2 Å². The lowest BCUT2D eigenvalue weighted by atomic mass is 9.90. The zero-order valence-electron chi connectivity index (χ0n) is 17.2. The van der Waals surface area contributed by atoms with Crippen LogP contribution in [0.25, 0.3) is 0 Å². The largest absolute Gasteiger partial charge is 0.356 e. The predicted molar refractivity (Wildman–Crippen MR) is 127 cm³/mol. The van der Waals surface area contributed by atoms with Gasteiger partial charge in [-0.3, -0.25) is 14.7 Å². The number of carbonyl (C=O) groups is 1. The zero-order chi connectivity index (χ0) is 19.2. The number of anilines is 1. The topological polar surface area (TPSA) is 68.8 Å². The van der Waals surface area contributed by atoms with E-state index in [2.05, 4.69) is 45.8 Å². The number of likely N-dealkylation sites (tertiary alicyclic amines) is 1. The number of nitrogens with one attached hydrogen (secondary N) is 3. The number of amides is 1. The van der Waals surface area contributed by atoms with Gasteiger partial charge in [-0.05, 0) is 43.9 Å². The number of hydrogen-bond acceptors (Lipinski definition) is 3. The van der Waals surface area contributed by atoms with Gasteiger partial charge in [0.25, 0.3) is 0 Å². The Morgan fingerprint density at radius 1 is 1.36 bits per heavy atom. The van der Waals surface area contributed by atoms with Crippen molar-refractivity contribution in [2.24, 2.45) is 10.9 Å². The smallest absolute Gasteiger partial charge is 0.225 e. The fourth-order valence-electron chi connectivity index (χ4n) is 4.12. The fourth-order valence-corrected chi connectivity index (χ4v) is 4.12. The summed E-state index contributed by atoms with van der Waals surface area (Å²) in [6.45, 7) is 8.55. The van der Waals surface area contributed by atoms with Gasteiger partial charge in [-0.1, -0.05) is 25.1 Å². The van der Waals surface area contributed by atoms with Crippen LogP contribution in [0, 0.1) is 5.92 Å². The van der Waals surface area contributed by atoms with Crippen LogP contribution < -0.4 is 16.0 Å². The van der Waals surface area contributed by atoms with Crippen molar-refractivity contribution in [2.45, 2.75) is 45.1 Å². The first-order valence-electron chi connectivity index (χ1n) is 10.1. The molecule has 3 rings (SSSR count). The molecule has 0 aromatic heterocycles. The number of guanidine groups is 1. The number of halogens is 1. The van der Waals surface area contributed by atoms with Crippen LogP contribution in [-0.4, -0.2) is 56.0 Å². The number of aliphatic imine (C=N–C) groups is 1.